The minimum absolute atomic E-state index is 0.376. The molecule has 0 aliphatic heterocycles. The molecular weight excluding hydrogens is 188 g/mol. The molecular formula is C12H14N2O. The van der Waals surface area contributed by atoms with Crippen LogP contribution in [0, 0.1) is 0 Å². The summed E-state index contributed by atoms with van der Waals surface area (Å²) in [6, 6.07) is 2.07. The van der Waals surface area contributed by atoms with Gasteiger partial charge in [-0.05, 0) is 54.7 Å². The summed E-state index contributed by atoms with van der Waals surface area (Å²) < 4.78 is 0. The van der Waals surface area contributed by atoms with E-state index in [2.05, 4.69) is 11.1 Å². The third-order valence-corrected chi connectivity index (χ3v) is 3.26. The van der Waals surface area contributed by atoms with E-state index < -0.39 is 0 Å². The van der Waals surface area contributed by atoms with E-state index in [-0.39, 0.29) is 5.91 Å². The molecule has 1 aromatic rings. The number of nitrogens with two attached hydrogens (primary N) is 1. The summed E-state index contributed by atoms with van der Waals surface area (Å²) in [7, 11) is 0. The van der Waals surface area contributed by atoms with E-state index >= 15 is 0 Å². The van der Waals surface area contributed by atoms with Crippen LogP contribution in [0.15, 0.2) is 12.3 Å². The monoisotopic (exact) mass is 202 g/mol. The van der Waals surface area contributed by atoms with Gasteiger partial charge in [0, 0.05) is 6.20 Å². The summed E-state index contributed by atoms with van der Waals surface area (Å²) in [4.78, 5) is 15.4. The molecule has 2 saturated carbocycles. The van der Waals surface area contributed by atoms with Crippen molar-refractivity contribution < 1.29 is 4.79 Å². The molecule has 2 aliphatic carbocycles. The Morgan fingerprint density at radius 1 is 1.27 bits per heavy atom. The summed E-state index contributed by atoms with van der Waals surface area (Å²) in [5, 5.41) is 0. The van der Waals surface area contributed by atoms with Gasteiger partial charge in [-0.25, -0.2) is 0 Å². The van der Waals surface area contributed by atoms with Gasteiger partial charge >= 0.3 is 0 Å². The molecule has 3 nitrogen and oxygen atoms in total. The van der Waals surface area contributed by atoms with E-state index in [0.717, 1.165) is 5.56 Å². The fraction of sp³-hybridized carbons (Fsp3) is 0.500. The van der Waals surface area contributed by atoms with Gasteiger partial charge in [0.05, 0.1) is 0 Å². The van der Waals surface area contributed by atoms with E-state index in [0.29, 0.717) is 17.5 Å². The first-order valence-electron chi connectivity index (χ1n) is 5.56. The zero-order valence-corrected chi connectivity index (χ0v) is 8.57. The van der Waals surface area contributed by atoms with Crippen LogP contribution in [0.4, 0.5) is 0 Å². The van der Waals surface area contributed by atoms with Gasteiger partial charge < -0.3 is 5.73 Å². The van der Waals surface area contributed by atoms with Gasteiger partial charge in [-0.1, -0.05) is 0 Å². The van der Waals surface area contributed by atoms with Crippen LogP contribution in [0.1, 0.15) is 59.1 Å². The number of pyridine rings is 1. The third-order valence-electron chi connectivity index (χ3n) is 3.26. The van der Waals surface area contributed by atoms with Gasteiger partial charge in [-0.3, -0.25) is 9.78 Å². The zero-order valence-electron chi connectivity index (χ0n) is 8.57. The molecule has 2 N–H and O–H groups in total. The molecule has 2 aliphatic rings. The van der Waals surface area contributed by atoms with Crippen molar-refractivity contribution >= 4 is 5.91 Å². The summed E-state index contributed by atoms with van der Waals surface area (Å²) >= 11 is 0. The van der Waals surface area contributed by atoms with E-state index in [9.17, 15) is 4.79 Å². The van der Waals surface area contributed by atoms with Crippen molar-refractivity contribution in [2.45, 2.75) is 37.5 Å². The minimum atomic E-state index is -0.376. The minimum Gasteiger partial charge on any atom is -0.364 e. The number of primary amides is 1. The van der Waals surface area contributed by atoms with Crippen LogP contribution in [0.2, 0.25) is 0 Å². The molecule has 1 aromatic heterocycles. The predicted octanol–water partition coefficient (Wildman–Crippen LogP) is 1.94. The first-order chi connectivity index (χ1) is 7.27. The fourth-order valence-corrected chi connectivity index (χ4v) is 2.24. The molecule has 78 valence electrons. The van der Waals surface area contributed by atoms with Crippen molar-refractivity contribution in [2.24, 2.45) is 5.73 Å². The maximum absolute atomic E-state index is 11.3. The zero-order chi connectivity index (χ0) is 10.4. The molecule has 2 fully saturated rings. The van der Waals surface area contributed by atoms with Crippen molar-refractivity contribution in [3.05, 3.63) is 29.1 Å². The highest BCUT2D eigenvalue weighted by Gasteiger charge is 2.35. The molecule has 3 rings (SSSR count). The van der Waals surface area contributed by atoms with Gasteiger partial charge in [0.15, 0.2) is 0 Å². The average Bonchev–Trinajstić information content (AvgIpc) is 3.08. The first kappa shape index (κ1) is 8.89. The van der Waals surface area contributed by atoms with Gasteiger partial charge in [0.2, 0.25) is 0 Å². The molecule has 1 heterocycles. The average molecular weight is 202 g/mol. The number of carbonyl (C=O) groups excluding carboxylic acids is 1. The summed E-state index contributed by atoms with van der Waals surface area (Å²) in [6.07, 6.45) is 6.60. The number of aromatic nitrogens is 1. The Kier molecular flexibility index (Phi) is 1.81. The Labute approximate surface area is 88.7 Å². The standard InChI is InChI=1S/C12H14N2O/c13-12(15)11-10(8-3-4-8)9(5-6-14-11)7-1-2-7/h5-8H,1-4H2,(H2,13,15). The second-order valence-corrected chi connectivity index (χ2v) is 4.58. The van der Waals surface area contributed by atoms with E-state index in [1.807, 2.05) is 0 Å². The molecule has 15 heavy (non-hydrogen) atoms. The maximum Gasteiger partial charge on any atom is 0.267 e. The number of carbonyl (C=O) groups is 1. The van der Waals surface area contributed by atoms with Gasteiger partial charge in [0.25, 0.3) is 5.91 Å². The van der Waals surface area contributed by atoms with E-state index in [1.54, 1.807) is 6.20 Å². The Balaban J connectivity index is 2.12. The van der Waals surface area contributed by atoms with Gasteiger partial charge in [0.1, 0.15) is 5.69 Å². The van der Waals surface area contributed by atoms with Crippen molar-refractivity contribution in [2.75, 3.05) is 0 Å². The second-order valence-electron chi connectivity index (χ2n) is 4.58. The van der Waals surface area contributed by atoms with Crippen LogP contribution in [0.5, 0.6) is 0 Å². The van der Waals surface area contributed by atoms with Crippen molar-refractivity contribution in [1.29, 1.82) is 0 Å². The van der Waals surface area contributed by atoms with Crippen molar-refractivity contribution in [3.8, 4) is 0 Å². The summed E-state index contributed by atoms with van der Waals surface area (Å²) in [6.45, 7) is 0. The second kappa shape index (κ2) is 3.05. The molecule has 0 spiro atoms. The predicted molar refractivity (Wildman–Crippen MR) is 56.7 cm³/mol. The smallest absolute Gasteiger partial charge is 0.267 e. The topological polar surface area (TPSA) is 56.0 Å². The number of hydrogen-bond acceptors (Lipinski definition) is 2. The van der Waals surface area contributed by atoms with Crippen molar-refractivity contribution in [1.82, 2.24) is 4.98 Å². The molecule has 3 heteroatoms. The number of rotatable bonds is 3. The van der Waals surface area contributed by atoms with Gasteiger partial charge in [-0.2, -0.15) is 0 Å². The Morgan fingerprint density at radius 3 is 2.47 bits per heavy atom. The van der Waals surface area contributed by atoms with Crippen LogP contribution in [-0.4, -0.2) is 10.9 Å². The number of amides is 1. The van der Waals surface area contributed by atoms with Crippen LogP contribution < -0.4 is 5.73 Å². The Bertz CT molecular complexity index is 420. The molecule has 0 bridgehead atoms. The molecule has 0 radical (unpaired) electrons. The van der Waals surface area contributed by atoms with Crippen molar-refractivity contribution in [3.63, 3.8) is 0 Å². The molecule has 0 saturated heterocycles. The largest absolute Gasteiger partial charge is 0.364 e. The van der Waals surface area contributed by atoms with E-state index in [4.69, 9.17) is 5.73 Å². The molecule has 1 amide bonds. The highest BCUT2D eigenvalue weighted by atomic mass is 16.1. The lowest BCUT2D eigenvalue weighted by Crippen LogP contribution is -2.16. The SMILES string of the molecule is NC(=O)c1nccc(C2CC2)c1C1CC1. The number of nitrogens with zero attached hydrogens (tertiary/aromatic N) is 1. The third kappa shape index (κ3) is 1.52. The highest BCUT2D eigenvalue weighted by Crippen LogP contribution is 2.49. The summed E-state index contributed by atoms with van der Waals surface area (Å²) in [5.41, 5.74) is 8.38. The lowest BCUT2D eigenvalue weighted by Gasteiger charge is -2.10. The highest BCUT2D eigenvalue weighted by molar-refractivity contribution is 5.93. The Hall–Kier alpha value is -1.38. The van der Waals surface area contributed by atoms with Crippen LogP contribution >= 0.6 is 0 Å². The quantitative estimate of drug-likeness (QED) is 0.814. The summed E-state index contributed by atoms with van der Waals surface area (Å²) in [5.74, 6) is 0.845. The lowest BCUT2D eigenvalue weighted by atomic mass is 9.98. The van der Waals surface area contributed by atoms with Crippen LogP contribution in [-0.2, 0) is 0 Å². The lowest BCUT2D eigenvalue weighted by molar-refractivity contribution is 0.0994. The van der Waals surface area contributed by atoms with Crippen LogP contribution in [0.25, 0.3) is 0 Å². The number of hydrogen-bond donors (Lipinski definition) is 1. The molecule has 0 aromatic carbocycles. The fourth-order valence-electron chi connectivity index (χ4n) is 2.24. The normalized spacial score (nSPS) is 20.3. The maximum atomic E-state index is 11.3. The molecule has 0 atom stereocenters. The van der Waals surface area contributed by atoms with Gasteiger partial charge in [-0.15, -0.1) is 0 Å². The van der Waals surface area contributed by atoms with E-state index in [1.165, 1.54) is 31.2 Å². The molecule has 0 unspecified atom stereocenters. The van der Waals surface area contributed by atoms with Crippen LogP contribution in [0.3, 0.4) is 0 Å². The first-order valence-corrected chi connectivity index (χ1v) is 5.56. The Morgan fingerprint density at radius 2 is 1.93 bits per heavy atom.